The Hall–Kier alpha value is -4.41. The molecule has 0 aliphatic heterocycles. The lowest BCUT2D eigenvalue weighted by Gasteiger charge is -2.44. The number of hydrogen-bond acceptors (Lipinski definition) is 3. The van der Waals surface area contributed by atoms with Crippen LogP contribution in [0.15, 0.2) is 127 Å². The molecule has 0 spiro atoms. The van der Waals surface area contributed by atoms with E-state index in [9.17, 15) is 4.79 Å². The molecule has 0 fully saturated rings. The van der Waals surface area contributed by atoms with Crippen molar-refractivity contribution in [2.75, 3.05) is 14.2 Å². The summed E-state index contributed by atoms with van der Waals surface area (Å²) in [6, 6.07) is 37.7. The summed E-state index contributed by atoms with van der Waals surface area (Å²) in [6.07, 6.45) is 4.27. The molecule has 0 aromatic heterocycles. The van der Waals surface area contributed by atoms with Crippen LogP contribution >= 0.6 is 0 Å². The van der Waals surface area contributed by atoms with Crippen molar-refractivity contribution in [1.29, 1.82) is 0 Å². The SMILES string of the molecule is COc1ccc(C(=O)NC2(C)C(c3ccccc3)=CC(OC)(c3ccccc3)C=C2c2ccccc2)cc1. The lowest BCUT2D eigenvalue weighted by molar-refractivity contribution is 0.0708. The van der Waals surface area contributed by atoms with Gasteiger partial charge in [0, 0.05) is 12.7 Å². The minimum Gasteiger partial charge on any atom is -0.497 e. The highest BCUT2D eigenvalue weighted by molar-refractivity contribution is 6.02. The van der Waals surface area contributed by atoms with E-state index >= 15 is 0 Å². The minimum absolute atomic E-state index is 0.177. The molecule has 0 heterocycles. The zero-order valence-electron chi connectivity index (χ0n) is 21.8. The summed E-state index contributed by atoms with van der Waals surface area (Å²) in [5.74, 6) is 0.524. The van der Waals surface area contributed by atoms with Gasteiger partial charge in [-0.1, -0.05) is 91.0 Å². The van der Waals surface area contributed by atoms with Crippen molar-refractivity contribution in [1.82, 2.24) is 5.32 Å². The van der Waals surface area contributed by atoms with E-state index in [0.717, 1.165) is 27.8 Å². The van der Waals surface area contributed by atoms with Crippen LogP contribution in [0.5, 0.6) is 5.75 Å². The first-order valence-corrected chi connectivity index (χ1v) is 12.6. The summed E-state index contributed by atoms with van der Waals surface area (Å²) in [5.41, 5.74) is 3.77. The fourth-order valence-electron chi connectivity index (χ4n) is 5.16. The van der Waals surface area contributed by atoms with Gasteiger partial charge in [-0.15, -0.1) is 0 Å². The number of nitrogens with one attached hydrogen (secondary N) is 1. The van der Waals surface area contributed by atoms with E-state index in [1.54, 1.807) is 38.5 Å². The molecule has 4 aromatic rings. The Balaban J connectivity index is 1.73. The molecule has 0 bridgehead atoms. The lowest BCUT2D eigenvalue weighted by Crippen LogP contribution is -2.50. The Bertz CT molecular complexity index is 1400. The van der Waals surface area contributed by atoms with E-state index in [4.69, 9.17) is 9.47 Å². The maximum Gasteiger partial charge on any atom is 0.252 e. The van der Waals surface area contributed by atoms with E-state index < -0.39 is 11.1 Å². The van der Waals surface area contributed by atoms with Crippen molar-refractivity contribution < 1.29 is 14.3 Å². The highest BCUT2D eigenvalue weighted by Crippen LogP contribution is 2.48. The second-order valence-electron chi connectivity index (χ2n) is 9.52. The number of carbonyl (C=O) groups is 1. The van der Waals surface area contributed by atoms with Gasteiger partial charge in [-0.05, 0) is 71.2 Å². The van der Waals surface area contributed by atoms with Gasteiger partial charge in [0.1, 0.15) is 11.4 Å². The molecule has 0 atom stereocenters. The van der Waals surface area contributed by atoms with Crippen LogP contribution in [-0.2, 0) is 10.3 Å². The van der Waals surface area contributed by atoms with Crippen molar-refractivity contribution in [3.05, 3.63) is 150 Å². The highest BCUT2D eigenvalue weighted by Gasteiger charge is 2.45. The maximum absolute atomic E-state index is 13.7. The van der Waals surface area contributed by atoms with Gasteiger partial charge in [0.2, 0.25) is 0 Å². The third kappa shape index (κ3) is 4.67. The standard InChI is InChI=1S/C34H31NO3/c1-33(35-32(36)27-19-21-29(37-2)22-20-27)30(25-13-7-4-8-14-25)23-34(38-3,28-17-11-6-12-18-28)24-31(33)26-15-9-5-10-16-26/h4-24H,1-3H3,(H,35,36). The first kappa shape index (κ1) is 25.2. The number of ether oxygens (including phenoxy) is 2. The molecule has 4 heteroatoms. The van der Waals surface area contributed by atoms with Crippen molar-refractivity contribution in [2.24, 2.45) is 0 Å². The average molecular weight is 502 g/mol. The molecule has 1 N–H and O–H groups in total. The van der Waals surface area contributed by atoms with Crippen molar-refractivity contribution in [3.8, 4) is 5.75 Å². The largest absolute Gasteiger partial charge is 0.497 e. The molecular formula is C34H31NO3. The number of amides is 1. The fourth-order valence-corrected chi connectivity index (χ4v) is 5.16. The number of hydrogen-bond donors (Lipinski definition) is 1. The third-order valence-electron chi connectivity index (χ3n) is 7.24. The topological polar surface area (TPSA) is 47.6 Å². The summed E-state index contributed by atoms with van der Waals surface area (Å²) < 4.78 is 11.6. The van der Waals surface area contributed by atoms with E-state index in [-0.39, 0.29) is 5.91 Å². The van der Waals surface area contributed by atoms with Crippen molar-refractivity contribution in [3.63, 3.8) is 0 Å². The monoisotopic (exact) mass is 501 g/mol. The molecule has 0 saturated heterocycles. The molecule has 190 valence electrons. The van der Waals surface area contributed by atoms with E-state index in [1.807, 2.05) is 54.6 Å². The van der Waals surface area contributed by atoms with Crippen LogP contribution in [-0.4, -0.2) is 25.7 Å². The second-order valence-corrected chi connectivity index (χ2v) is 9.52. The maximum atomic E-state index is 13.7. The van der Waals surface area contributed by atoms with Gasteiger partial charge in [0.25, 0.3) is 5.91 Å². The average Bonchev–Trinajstić information content (AvgIpc) is 2.98. The first-order chi connectivity index (χ1) is 18.5. The summed E-state index contributed by atoms with van der Waals surface area (Å²) >= 11 is 0. The van der Waals surface area contributed by atoms with Crippen LogP contribution in [0.3, 0.4) is 0 Å². The Kier molecular flexibility index (Phi) is 6.99. The van der Waals surface area contributed by atoms with E-state index in [2.05, 4.69) is 60.8 Å². The van der Waals surface area contributed by atoms with E-state index in [0.29, 0.717) is 11.3 Å². The van der Waals surface area contributed by atoms with Crippen LogP contribution in [0.2, 0.25) is 0 Å². The van der Waals surface area contributed by atoms with Crippen LogP contribution in [0, 0.1) is 0 Å². The summed E-state index contributed by atoms with van der Waals surface area (Å²) in [6.45, 7) is 2.07. The molecule has 1 aliphatic rings. The molecular weight excluding hydrogens is 470 g/mol. The molecule has 5 rings (SSSR count). The predicted octanol–water partition coefficient (Wildman–Crippen LogP) is 6.91. The zero-order chi connectivity index (χ0) is 26.6. The quantitative estimate of drug-likeness (QED) is 0.299. The van der Waals surface area contributed by atoms with Gasteiger partial charge < -0.3 is 14.8 Å². The number of carbonyl (C=O) groups excluding carboxylic acids is 1. The number of methoxy groups -OCH3 is 2. The summed E-state index contributed by atoms with van der Waals surface area (Å²) in [7, 11) is 3.34. The molecule has 1 amide bonds. The third-order valence-corrected chi connectivity index (χ3v) is 7.24. The Labute approximate surface area is 224 Å². The highest BCUT2D eigenvalue weighted by atomic mass is 16.5. The molecule has 4 nitrogen and oxygen atoms in total. The molecule has 4 aromatic carbocycles. The second kappa shape index (κ2) is 10.5. The molecule has 38 heavy (non-hydrogen) atoms. The van der Waals surface area contributed by atoms with Crippen LogP contribution in [0.25, 0.3) is 11.1 Å². The molecule has 1 aliphatic carbocycles. The summed E-state index contributed by atoms with van der Waals surface area (Å²) in [5, 5.41) is 3.39. The minimum atomic E-state index is -0.865. The van der Waals surface area contributed by atoms with Crippen molar-refractivity contribution in [2.45, 2.75) is 18.1 Å². The fraction of sp³-hybridized carbons (Fsp3) is 0.147. The Morgan fingerprint density at radius 3 is 1.58 bits per heavy atom. The van der Waals surface area contributed by atoms with Crippen LogP contribution < -0.4 is 10.1 Å². The molecule has 0 saturated carbocycles. The number of benzene rings is 4. The van der Waals surface area contributed by atoms with Gasteiger partial charge in [0.05, 0.1) is 12.6 Å². The number of rotatable bonds is 7. The van der Waals surface area contributed by atoms with Crippen LogP contribution in [0.4, 0.5) is 0 Å². The molecule has 0 unspecified atom stereocenters. The van der Waals surface area contributed by atoms with Gasteiger partial charge in [0.15, 0.2) is 0 Å². The predicted molar refractivity (Wildman–Crippen MR) is 153 cm³/mol. The molecule has 0 radical (unpaired) electrons. The smallest absolute Gasteiger partial charge is 0.252 e. The van der Waals surface area contributed by atoms with Gasteiger partial charge in [-0.2, -0.15) is 0 Å². The van der Waals surface area contributed by atoms with Crippen molar-refractivity contribution >= 4 is 17.1 Å². The normalized spacial score (nSPS) is 20.7. The summed E-state index contributed by atoms with van der Waals surface area (Å²) in [4.78, 5) is 13.7. The zero-order valence-corrected chi connectivity index (χ0v) is 21.8. The van der Waals surface area contributed by atoms with Gasteiger partial charge in [-0.25, -0.2) is 0 Å². The Morgan fingerprint density at radius 2 is 1.13 bits per heavy atom. The van der Waals surface area contributed by atoms with E-state index in [1.165, 1.54) is 0 Å². The van der Waals surface area contributed by atoms with Gasteiger partial charge in [-0.3, -0.25) is 4.79 Å². The van der Waals surface area contributed by atoms with Crippen LogP contribution in [0.1, 0.15) is 34.0 Å². The Morgan fingerprint density at radius 1 is 0.658 bits per heavy atom. The first-order valence-electron chi connectivity index (χ1n) is 12.6. The van der Waals surface area contributed by atoms with Gasteiger partial charge >= 0.3 is 0 Å². The lowest BCUT2D eigenvalue weighted by atomic mass is 9.69.